The Hall–Kier alpha value is -4.92. The fourth-order valence-corrected chi connectivity index (χ4v) is 8.36. The summed E-state index contributed by atoms with van der Waals surface area (Å²) < 4.78 is 57.9. The van der Waals surface area contributed by atoms with Gasteiger partial charge in [0.25, 0.3) is 0 Å². The first kappa shape index (κ1) is 34.5. The first-order chi connectivity index (χ1) is 24.7. The van der Waals surface area contributed by atoms with Crippen molar-refractivity contribution in [2.45, 2.75) is 43.4 Å². The fraction of sp³-hybridized carbons (Fsp3) is 0.378. The number of morpholine rings is 1. The molecule has 14 heteroatoms. The number of rotatable bonds is 11. The number of fused-ring (bicyclic) bond motifs is 1. The minimum atomic E-state index is -3.64. The predicted octanol–water partition coefficient (Wildman–Crippen LogP) is 6.22. The molecule has 51 heavy (non-hydrogen) atoms. The smallest absolute Gasteiger partial charge is 0.243 e. The Morgan fingerprint density at radius 2 is 1.45 bits per heavy atom. The van der Waals surface area contributed by atoms with E-state index in [2.05, 4.69) is 5.32 Å². The average Bonchev–Trinajstić information content (AvgIpc) is 3.82. The van der Waals surface area contributed by atoms with Gasteiger partial charge in [-0.15, -0.1) is 5.10 Å². The number of nitrogens with one attached hydrogen (secondary N) is 1. The van der Waals surface area contributed by atoms with Crippen LogP contribution in [0.5, 0.6) is 23.0 Å². The van der Waals surface area contributed by atoms with E-state index in [9.17, 15) is 8.42 Å². The molecule has 3 aromatic carbocycles. The number of aromatic nitrogens is 4. The van der Waals surface area contributed by atoms with E-state index in [1.165, 1.54) is 4.31 Å². The number of ether oxygens (including phenoxy) is 5. The number of anilines is 2. The molecule has 2 aromatic heterocycles. The quantitative estimate of drug-likeness (QED) is 0.167. The number of aryl methyl sites for hydroxylation is 1. The lowest BCUT2D eigenvalue weighted by atomic mass is 10.0. The van der Waals surface area contributed by atoms with Crippen LogP contribution in [0.3, 0.4) is 0 Å². The van der Waals surface area contributed by atoms with Crippen LogP contribution in [0.15, 0.2) is 59.5 Å². The number of nitrogens with zero attached hydrogens (tertiary/aromatic N) is 5. The maximum atomic E-state index is 13.3. The third-order valence-electron chi connectivity index (χ3n) is 9.57. The molecule has 5 aromatic rings. The van der Waals surface area contributed by atoms with Gasteiger partial charge in [-0.1, -0.05) is 25.0 Å². The Balaban J connectivity index is 1.33. The standard InChI is InChI=1S/C37H42N6O7S/c1-23-33-36(39-27-21-31(47-3)34(49-5)32(22-27)48-4)40-35(41-43(33)37(38-23)25-8-6-7-9-25)26-12-15-30(46-2)29(20-26)24-10-13-28(14-11-24)51(44,45)42-16-18-50-19-17-42/h10-15,20-22,25H,6-9,16-19H2,1-5H3,(H,39,40,41). The van der Waals surface area contributed by atoms with Gasteiger partial charge in [-0.2, -0.15) is 4.31 Å². The fourth-order valence-electron chi connectivity index (χ4n) is 6.95. The van der Waals surface area contributed by atoms with Crippen LogP contribution in [0.1, 0.15) is 43.1 Å². The lowest BCUT2D eigenvalue weighted by Gasteiger charge is -2.26. The summed E-state index contributed by atoms with van der Waals surface area (Å²) in [6.45, 7) is 3.41. The molecule has 268 valence electrons. The van der Waals surface area contributed by atoms with Crippen LogP contribution in [0.4, 0.5) is 11.5 Å². The van der Waals surface area contributed by atoms with Crippen molar-refractivity contribution in [2.24, 2.45) is 0 Å². The van der Waals surface area contributed by atoms with E-state index >= 15 is 0 Å². The zero-order chi connectivity index (χ0) is 35.7. The predicted molar refractivity (Wildman–Crippen MR) is 193 cm³/mol. The monoisotopic (exact) mass is 714 g/mol. The minimum Gasteiger partial charge on any atom is -0.496 e. The van der Waals surface area contributed by atoms with Crippen LogP contribution in [0.25, 0.3) is 28.0 Å². The molecular weight excluding hydrogens is 673 g/mol. The lowest BCUT2D eigenvalue weighted by molar-refractivity contribution is 0.0730. The number of hydrogen-bond acceptors (Lipinski definition) is 11. The first-order valence-corrected chi connectivity index (χ1v) is 18.4. The third kappa shape index (κ3) is 6.54. The molecular formula is C37H42N6O7S. The molecule has 3 heterocycles. The molecule has 2 aliphatic rings. The van der Waals surface area contributed by atoms with E-state index in [4.69, 9.17) is 38.8 Å². The minimum absolute atomic E-state index is 0.231. The summed E-state index contributed by atoms with van der Waals surface area (Å²) in [5, 5.41) is 8.59. The molecule has 1 aliphatic carbocycles. The van der Waals surface area contributed by atoms with Gasteiger partial charge in [0.1, 0.15) is 17.1 Å². The Morgan fingerprint density at radius 3 is 2.08 bits per heavy atom. The highest BCUT2D eigenvalue weighted by molar-refractivity contribution is 7.89. The van der Waals surface area contributed by atoms with Crippen molar-refractivity contribution in [3.63, 3.8) is 0 Å². The second-order valence-electron chi connectivity index (χ2n) is 12.6. The van der Waals surface area contributed by atoms with Crippen molar-refractivity contribution >= 4 is 27.0 Å². The number of hydrogen-bond donors (Lipinski definition) is 1. The van der Waals surface area contributed by atoms with Gasteiger partial charge in [-0.3, -0.25) is 0 Å². The molecule has 0 bridgehead atoms. The molecule has 2 fully saturated rings. The topological polar surface area (TPSA) is 139 Å². The van der Waals surface area contributed by atoms with Gasteiger partial charge in [0.05, 0.1) is 52.2 Å². The van der Waals surface area contributed by atoms with E-state index in [1.54, 1.807) is 52.7 Å². The number of methoxy groups -OCH3 is 4. The van der Waals surface area contributed by atoms with Gasteiger partial charge in [0.2, 0.25) is 15.8 Å². The van der Waals surface area contributed by atoms with Crippen LogP contribution in [0.2, 0.25) is 0 Å². The molecule has 0 amide bonds. The molecule has 7 rings (SSSR count). The van der Waals surface area contributed by atoms with Gasteiger partial charge in [0.15, 0.2) is 23.1 Å². The van der Waals surface area contributed by atoms with Crippen molar-refractivity contribution in [3.8, 4) is 45.5 Å². The Labute approximate surface area is 297 Å². The highest BCUT2D eigenvalue weighted by Crippen LogP contribution is 2.42. The summed E-state index contributed by atoms with van der Waals surface area (Å²) in [4.78, 5) is 10.3. The SMILES string of the molecule is COc1ccc(-c2nc(Nc3cc(OC)c(OC)c(OC)c3)c3c(C)nc(C4CCCC4)n3n2)cc1-c1ccc(S(=O)(=O)N2CCOCC2)cc1. The maximum Gasteiger partial charge on any atom is 0.243 e. The number of sulfonamides is 1. The summed E-state index contributed by atoms with van der Waals surface area (Å²) >= 11 is 0. The van der Waals surface area contributed by atoms with E-state index < -0.39 is 10.0 Å². The lowest BCUT2D eigenvalue weighted by Crippen LogP contribution is -2.40. The highest BCUT2D eigenvalue weighted by Gasteiger charge is 2.28. The molecule has 1 N–H and O–H groups in total. The van der Waals surface area contributed by atoms with Gasteiger partial charge in [-0.25, -0.2) is 22.9 Å². The second-order valence-corrected chi connectivity index (χ2v) is 14.5. The molecule has 0 unspecified atom stereocenters. The summed E-state index contributed by atoms with van der Waals surface area (Å²) in [7, 11) is 2.70. The molecule has 13 nitrogen and oxygen atoms in total. The van der Waals surface area contributed by atoms with E-state index in [-0.39, 0.29) is 4.90 Å². The Bertz CT molecular complexity index is 2130. The summed E-state index contributed by atoms with van der Waals surface area (Å²) in [6.07, 6.45) is 4.41. The molecule has 0 spiro atoms. The zero-order valence-corrected chi connectivity index (χ0v) is 30.2. The van der Waals surface area contributed by atoms with Crippen LogP contribution >= 0.6 is 0 Å². The molecule has 1 aliphatic heterocycles. The normalized spacial score (nSPS) is 15.6. The maximum absolute atomic E-state index is 13.3. The zero-order valence-electron chi connectivity index (χ0n) is 29.4. The molecule has 0 radical (unpaired) electrons. The van der Waals surface area contributed by atoms with Gasteiger partial charge in [-0.05, 0) is 55.7 Å². The van der Waals surface area contributed by atoms with Crippen molar-refractivity contribution in [2.75, 3.05) is 60.1 Å². The second kappa shape index (κ2) is 14.4. The molecule has 1 saturated carbocycles. The largest absolute Gasteiger partial charge is 0.496 e. The van der Waals surface area contributed by atoms with Crippen LogP contribution in [0, 0.1) is 6.92 Å². The van der Waals surface area contributed by atoms with Crippen LogP contribution in [-0.4, -0.2) is 87.0 Å². The summed E-state index contributed by atoms with van der Waals surface area (Å²) in [5.74, 6) is 4.38. The molecule has 1 saturated heterocycles. The van der Waals surface area contributed by atoms with Gasteiger partial charge >= 0.3 is 0 Å². The van der Waals surface area contributed by atoms with Crippen molar-refractivity contribution in [1.29, 1.82) is 0 Å². The van der Waals surface area contributed by atoms with E-state index in [0.29, 0.717) is 72.5 Å². The van der Waals surface area contributed by atoms with Crippen molar-refractivity contribution < 1.29 is 32.1 Å². The van der Waals surface area contributed by atoms with Crippen LogP contribution < -0.4 is 24.3 Å². The Kier molecular flexibility index (Phi) is 9.73. The highest BCUT2D eigenvalue weighted by atomic mass is 32.2. The first-order valence-electron chi connectivity index (χ1n) is 17.0. The van der Waals surface area contributed by atoms with Gasteiger partial charge in [0, 0.05) is 48.0 Å². The van der Waals surface area contributed by atoms with Crippen molar-refractivity contribution in [1.82, 2.24) is 23.9 Å². The van der Waals surface area contributed by atoms with E-state index in [0.717, 1.165) is 59.4 Å². The molecule has 0 atom stereocenters. The van der Waals surface area contributed by atoms with Gasteiger partial charge < -0.3 is 29.0 Å². The summed E-state index contributed by atoms with van der Waals surface area (Å²) in [5.41, 5.74) is 4.58. The third-order valence-corrected chi connectivity index (χ3v) is 11.5. The number of benzene rings is 3. The van der Waals surface area contributed by atoms with Crippen LogP contribution in [-0.2, 0) is 14.8 Å². The van der Waals surface area contributed by atoms with E-state index in [1.807, 2.05) is 41.8 Å². The average molecular weight is 715 g/mol. The Morgan fingerprint density at radius 1 is 0.804 bits per heavy atom. The summed E-state index contributed by atoms with van der Waals surface area (Å²) in [6, 6.07) is 16.3. The van der Waals surface area contributed by atoms with Crippen molar-refractivity contribution in [3.05, 3.63) is 66.1 Å². The number of imidazole rings is 1.